The van der Waals surface area contributed by atoms with Gasteiger partial charge in [-0.25, -0.2) is 9.78 Å². The minimum absolute atomic E-state index is 0.0621. The first-order valence-electron chi connectivity index (χ1n) is 4.36. The minimum atomic E-state index is -2.11. The summed E-state index contributed by atoms with van der Waals surface area (Å²) in [7, 11) is 0. The molecule has 9 heteroatoms. The molecule has 0 bridgehead atoms. The molecule has 0 spiro atoms. The van der Waals surface area contributed by atoms with Crippen molar-refractivity contribution in [2.24, 2.45) is 0 Å². The lowest BCUT2D eigenvalue weighted by atomic mass is 10.3. The second-order valence-electron chi connectivity index (χ2n) is 2.91. The second kappa shape index (κ2) is 5.39. The van der Waals surface area contributed by atoms with Gasteiger partial charge in [-0.15, -0.1) is 0 Å². The number of aromatic nitrogens is 1. The van der Waals surface area contributed by atoms with Crippen LogP contribution in [0.5, 0.6) is 0 Å². The lowest BCUT2D eigenvalue weighted by Crippen LogP contribution is -2.26. The van der Waals surface area contributed by atoms with E-state index in [0.29, 0.717) is 12.1 Å². The van der Waals surface area contributed by atoms with Crippen LogP contribution in [0.15, 0.2) is 0 Å². The number of thiazole rings is 1. The quantitative estimate of drug-likeness (QED) is 0.840. The van der Waals surface area contributed by atoms with Crippen LogP contribution in [0, 0.1) is 0 Å². The van der Waals surface area contributed by atoms with Crippen molar-refractivity contribution in [3.63, 3.8) is 0 Å². The van der Waals surface area contributed by atoms with Crippen molar-refractivity contribution in [3.05, 3.63) is 10.6 Å². The molecule has 1 aromatic rings. The van der Waals surface area contributed by atoms with E-state index < -0.39 is 15.7 Å². The number of carbonyl (C=O) groups is 2. The molecule has 0 saturated carbocycles. The molecule has 0 aliphatic rings. The summed E-state index contributed by atoms with van der Waals surface area (Å²) in [5.41, 5.74) is 0.377. The predicted octanol–water partition coefficient (Wildman–Crippen LogP) is 2.71. The van der Waals surface area contributed by atoms with Crippen molar-refractivity contribution in [1.29, 1.82) is 0 Å². The second-order valence-corrected chi connectivity index (χ2v) is 6.19. The Kier molecular flexibility index (Phi) is 4.60. The fourth-order valence-electron chi connectivity index (χ4n) is 0.980. The summed E-state index contributed by atoms with van der Waals surface area (Å²) in [4.78, 5) is 26.2. The number of hydrogen-bond donors (Lipinski definition) is 2. The number of alkyl halides is 3. The predicted molar refractivity (Wildman–Crippen MR) is 67.4 cm³/mol. The number of nitrogens with one attached hydrogen (secondary N) is 1. The number of aromatic carboxylic acids is 1. The van der Waals surface area contributed by atoms with Crippen molar-refractivity contribution in [2.75, 3.05) is 5.32 Å². The summed E-state index contributed by atoms with van der Waals surface area (Å²) in [6.45, 7) is 1.75. The number of carboxylic acids is 1. The molecular formula is C8H7Cl3N2O3S. The van der Waals surface area contributed by atoms with Crippen molar-refractivity contribution >= 4 is 63.1 Å². The first-order valence-corrected chi connectivity index (χ1v) is 6.32. The maximum Gasteiger partial charge on any atom is 0.347 e. The minimum Gasteiger partial charge on any atom is -0.477 e. The Morgan fingerprint density at radius 3 is 2.41 bits per heavy atom. The third-order valence-electron chi connectivity index (χ3n) is 1.70. The number of anilines is 1. The van der Waals surface area contributed by atoms with Crippen LogP contribution >= 0.6 is 46.1 Å². The smallest absolute Gasteiger partial charge is 0.347 e. The number of rotatable bonds is 3. The van der Waals surface area contributed by atoms with Gasteiger partial charge in [-0.05, 0) is 6.42 Å². The SMILES string of the molecule is CCc1nc(NC(=O)C(Cl)(Cl)Cl)sc1C(=O)O. The molecule has 0 unspecified atom stereocenters. The average Bonchev–Trinajstić information content (AvgIpc) is 2.59. The Morgan fingerprint density at radius 1 is 1.47 bits per heavy atom. The number of carbonyl (C=O) groups excluding carboxylic acids is 1. The van der Waals surface area contributed by atoms with Crippen LogP contribution in [0.4, 0.5) is 5.13 Å². The fourth-order valence-corrected chi connectivity index (χ4v) is 2.01. The summed E-state index contributed by atoms with van der Waals surface area (Å²) < 4.78 is -2.11. The normalized spacial score (nSPS) is 11.3. The monoisotopic (exact) mass is 316 g/mol. The van der Waals surface area contributed by atoms with E-state index in [0.717, 1.165) is 11.3 Å². The average molecular weight is 318 g/mol. The van der Waals surface area contributed by atoms with Gasteiger partial charge in [0.2, 0.25) is 0 Å². The molecule has 5 nitrogen and oxygen atoms in total. The number of amides is 1. The number of hydrogen-bond acceptors (Lipinski definition) is 4. The van der Waals surface area contributed by atoms with Crippen molar-refractivity contribution in [2.45, 2.75) is 17.1 Å². The zero-order valence-corrected chi connectivity index (χ0v) is 11.5. The Hall–Kier alpha value is -0.560. The van der Waals surface area contributed by atoms with Crippen molar-refractivity contribution in [3.8, 4) is 0 Å². The summed E-state index contributed by atoms with van der Waals surface area (Å²) in [5.74, 6) is -1.98. The summed E-state index contributed by atoms with van der Waals surface area (Å²) in [6.07, 6.45) is 0.432. The molecule has 1 heterocycles. The van der Waals surface area contributed by atoms with Crippen LogP contribution in [0.3, 0.4) is 0 Å². The highest BCUT2D eigenvalue weighted by atomic mass is 35.6. The Bertz CT molecular complexity index is 455. The topological polar surface area (TPSA) is 79.3 Å². The van der Waals surface area contributed by atoms with Crippen LogP contribution in [0.25, 0.3) is 0 Å². The molecule has 94 valence electrons. The van der Waals surface area contributed by atoms with Gasteiger partial charge in [-0.1, -0.05) is 53.1 Å². The largest absolute Gasteiger partial charge is 0.477 e. The molecule has 1 amide bonds. The van der Waals surface area contributed by atoms with Gasteiger partial charge in [0.05, 0.1) is 5.69 Å². The molecular weight excluding hydrogens is 311 g/mol. The molecule has 0 aliphatic carbocycles. The molecule has 0 aliphatic heterocycles. The standard InChI is InChI=1S/C8H7Cl3N2O3S/c1-2-3-4(5(14)15)17-7(12-3)13-6(16)8(9,10)11/h2H2,1H3,(H,14,15)(H,12,13,16). The van der Waals surface area contributed by atoms with Gasteiger partial charge in [0, 0.05) is 0 Å². The zero-order valence-electron chi connectivity index (χ0n) is 8.46. The van der Waals surface area contributed by atoms with E-state index >= 15 is 0 Å². The van der Waals surface area contributed by atoms with Gasteiger partial charge < -0.3 is 5.11 Å². The number of halogens is 3. The third-order valence-corrected chi connectivity index (χ3v) is 3.22. The summed E-state index contributed by atoms with van der Waals surface area (Å²) in [6, 6.07) is 0. The van der Waals surface area contributed by atoms with Crippen molar-refractivity contribution < 1.29 is 14.7 Å². The highest BCUT2D eigenvalue weighted by molar-refractivity contribution is 7.17. The molecule has 0 radical (unpaired) electrons. The summed E-state index contributed by atoms with van der Waals surface area (Å²) >= 11 is 16.9. The first-order chi connectivity index (χ1) is 7.75. The zero-order chi connectivity index (χ0) is 13.2. The Labute approximate surface area is 116 Å². The fraction of sp³-hybridized carbons (Fsp3) is 0.375. The first kappa shape index (κ1) is 14.5. The van der Waals surface area contributed by atoms with Gasteiger partial charge >= 0.3 is 5.97 Å². The molecule has 0 aromatic carbocycles. The van der Waals surface area contributed by atoms with E-state index in [4.69, 9.17) is 39.9 Å². The van der Waals surface area contributed by atoms with Gasteiger partial charge in [-0.3, -0.25) is 10.1 Å². The van der Waals surface area contributed by atoms with E-state index in [-0.39, 0.29) is 10.0 Å². The van der Waals surface area contributed by atoms with Gasteiger partial charge in [-0.2, -0.15) is 0 Å². The van der Waals surface area contributed by atoms with Crippen LogP contribution in [-0.2, 0) is 11.2 Å². The lowest BCUT2D eigenvalue weighted by Gasteiger charge is -2.08. The molecule has 17 heavy (non-hydrogen) atoms. The number of aryl methyl sites for hydroxylation is 1. The lowest BCUT2D eigenvalue weighted by molar-refractivity contribution is -0.115. The molecule has 0 fully saturated rings. The van der Waals surface area contributed by atoms with Crippen LogP contribution in [0.1, 0.15) is 22.3 Å². The number of nitrogens with zero attached hydrogens (tertiary/aromatic N) is 1. The third kappa shape index (κ3) is 3.70. The highest BCUT2D eigenvalue weighted by Gasteiger charge is 2.31. The molecule has 2 N–H and O–H groups in total. The highest BCUT2D eigenvalue weighted by Crippen LogP contribution is 2.30. The van der Waals surface area contributed by atoms with E-state index in [1.54, 1.807) is 6.92 Å². The van der Waals surface area contributed by atoms with Crippen molar-refractivity contribution in [1.82, 2.24) is 4.98 Å². The van der Waals surface area contributed by atoms with E-state index in [2.05, 4.69) is 10.3 Å². The molecule has 1 aromatic heterocycles. The summed E-state index contributed by atoms with van der Waals surface area (Å²) in [5, 5.41) is 11.2. The molecule has 0 atom stereocenters. The van der Waals surface area contributed by atoms with Crippen LogP contribution in [0.2, 0.25) is 0 Å². The Balaban J connectivity index is 2.94. The maximum atomic E-state index is 11.3. The van der Waals surface area contributed by atoms with Gasteiger partial charge in [0.1, 0.15) is 4.88 Å². The van der Waals surface area contributed by atoms with Crippen LogP contribution < -0.4 is 5.32 Å². The van der Waals surface area contributed by atoms with Gasteiger partial charge in [0.25, 0.3) is 9.70 Å². The van der Waals surface area contributed by atoms with E-state index in [1.807, 2.05) is 0 Å². The molecule has 0 saturated heterocycles. The maximum absolute atomic E-state index is 11.3. The van der Waals surface area contributed by atoms with E-state index in [1.165, 1.54) is 0 Å². The van der Waals surface area contributed by atoms with E-state index in [9.17, 15) is 9.59 Å². The van der Waals surface area contributed by atoms with Gasteiger partial charge in [0.15, 0.2) is 5.13 Å². The van der Waals surface area contributed by atoms with Crippen LogP contribution in [-0.4, -0.2) is 25.8 Å². The Morgan fingerprint density at radius 2 is 2.06 bits per heavy atom. The number of carboxylic acid groups (broad SMARTS) is 1. The molecule has 1 rings (SSSR count).